The van der Waals surface area contributed by atoms with Crippen LogP contribution >= 0.6 is 0 Å². The van der Waals surface area contributed by atoms with E-state index in [0.717, 1.165) is 29.8 Å². The maximum Gasteiger partial charge on any atom is 0.103 e. The number of nitrogens with zero attached hydrogens (tertiary/aromatic N) is 2. The maximum atomic E-state index is 10.6. The molecule has 0 radical (unpaired) electrons. The predicted molar refractivity (Wildman–Crippen MR) is 75.1 cm³/mol. The van der Waals surface area contributed by atoms with E-state index < -0.39 is 6.10 Å². The van der Waals surface area contributed by atoms with E-state index in [1.807, 2.05) is 25.4 Å². The van der Waals surface area contributed by atoms with Crippen LogP contribution in [0.3, 0.4) is 0 Å². The molecule has 2 unspecified atom stereocenters. The fourth-order valence-corrected chi connectivity index (χ4v) is 2.81. The van der Waals surface area contributed by atoms with Gasteiger partial charge in [-0.15, -0.1) is 0 Å². The number of aliphatic hydroxyl groups is 1. The molecule has 0 saturated carbocycles. The number of fused-ring (bicyclic) bond motifs is 1. The first kappa shape index (κ1) is 12.2. The second-order valence-corrected chi connectivity index (χ2v) is 5.12. The molecule has 2 heterocycles. The second-order valence-electron chi connectivity index (χ2n) is 5.12. The van der Waals surface area contributed by atoms with E-state index in [9.17, 15) is 5.11 Å². The Morgan fingerprint density at radius 2 is 2.26 bits per heavy atom. The lowest BCUT2D eigenvalue weighted by Crippen LogP contribution is -2.25. The number of nitrogens with one attached hydrogen (secondary N) is 1. The number of rotatable bonds is 3. The average Bonchev–Trinajstić information content (AvgIpc) is 3.00. The molecular weight excluding hydrogens is 238 g/mol. The Labute approximate surface area is 113 Å². The number of anilines is 1. The Bertz CT molecular complexity index is 566. The highest BCUT2D eigenvalue weighted by Crippen LogP contribution is 2.32. The molecule has 1 aromatic carbocycles. The molecule has 4 heteroatoms. The molecule has 1 aliphatic heterocycles. The van der Waals surface area contributed by atoms with Crippen LogP contribution in [0.15, 0.2) is 30.5 Å². The molecule has 1 aliphatic rings. The van der Waals surface area contributed by atoms with Crippen LogP contribution in [0.1, 0.15) is 29.8 Å². The van der Waals surface area contributed by atoms with E-state index in [0.29, 0.717) is 0 Å². The Morgan fingerprint density at radius 1 is 1.47 bits per heavy atom. The van der Waals surface area contributed by atoms with Gasteiger partial charge in [0.2, 0.25) is 0 Å². The molecule has 0 amide bonds. The van der Waals surface area contributed by atoms with Crippen molar-refractivity contribution in [3.05, 3.63) is 47.3 Å². The summed E-state index contributed by atoms with van der Waals surface area (Å²) in [6, 6.07) is 8.26. The van der Waals surface area contributed by atoms with Gasteiger partial charge < -0.3 is 10.4 Å². The highest BCUT2D eigenvalue weighted by molar-refractivity contribution is 5.57. The largest absolute Gasteiger partial charge is 0.386 e. The Balaban J connectivity index is 1.84. The third-order valence-electron chi connectivity index (χ3n) is 3.77. The van der Waals surface area contributed by atoms with Crippen molar-refractivity contribution in [2.45, 2.75) is 31.9 Å². The normalized spacial score (nSPS) is 19.0. The molecule has 0 saturated heterocycles. The summed E-state index contributed by atoms with van der Waals surface area (Å²) < 4.78 is 1.78. The highest BCUT2D eigenvalue weighted by Gasteiger charge is 2.29. The fraction of sp³-hybridized carbons (Fsp3) is 0.400. The van der Waals surface area contributed by atoms with Gasteiger partial charge in [0.15, 0.2) is 0 Å². The zero-order chi connectivity index (χ0) is 13.4. The zero-order valence-electron chi connectivity index (χ0n) is 11.3. The first-order chi connectivity index (χ1) is 9.19. The van der Waals surface area contributed by atoms with E-state index >= 15 is 0 Å². The summed E-state index contributed by atoms with van der Waals surface area (Å²) in [5, 5.41) is 18.4. The van der Waals surface area contributed by atoms with E-state index in [-0.39, 0.29) is 6.04 Å². The van der Waals surface area contributed by atoms with Gasteiger partial charge in [-0.3, -0.25) is 4.68 Å². The van der Waals surface area contributed by atoms with E-state index in [1.54, 1.807) is 4.68 Å². The van der Waals surface area contributed by atoms with Crippen LogP contribution in [0.25, 0.3) is 0 Å². The van der Waals surface area contributed by atoms with Crippen molar-refractivity contribution in [1.29, 1.82) is 0 Å². The standard InChI is InChI=1S/C15H19N3O/c1-3-12-11(9-18(2)17-12)15(19)14-8-10-6-4-5-7-13(10)16-14/h4-7,9,14-16,19H,3,8H2,1-2H3. The molecule has 2 N–H and O–H groups in total. The summed E-state index contributed by atoms with van der Waals surface area (Å²) in [5.41, 5.74) is 4.32. The average molecular weight is 257 g/mol. The number of aromatic nitrogens is 2. The van der Waals surface area contributed by atoms with Gasteiger partial charge in [0.25, 0.3) is 0 Å². The van der Waals surface area contributed by atoms with Crippen LogP contribution in [0.5, 0.6) is 0 Å². The van der Waals surface area contributed by atoms with E-state index in [1.165, 1.54) is 5.56 Å². The summed E-state index contributed by atoms with van der Waals surface area (Å²) in [4.78, 5) is 0. The Morgan fingerprint density at radius 3 is 3.00 bits per heavy atom. The lowest BCUT2D eigenvalue weighted by Gasteiger charge is -2.18. The van der Waals surface area contributed by atoms with Gasteiger partial charge in [-0.25, -0.2) is 0 Å². The fourth-order valence-electron chi connectivity index (χ4n) is 2.81. The summed E-state index contributed by atoms with van der Waals surface area (Å²) in [7, 11) is 1.90. The van der Waals surface area contributed by atoms with Gasteiger partial charge in [-0.05, 0) is 24.5 Å². The van der Waals surface area contributed by atoms with Crippen molar-refractivity contribution in [2.24, 2.45) is 7.05 Å². The number of hydrogen-bond acceptors (Lipinski definition) is 3. The number of para-hydroxylation sites is 1. The lowest BCUT2D eigenvalue weighted by molar-refractivity contribution is 0.155. The second kappa shape index (κ2) is 4.70. The molecular formula is C15H19N3O. The summed E-state index contributed by atoms with van der Waals surface area (Å²) in [6.07, 6.45) is 3.10. The van der Waals surface area contributed by atoms with Crippen LogP contribution in [0, 0.1) is 0 Å². The molecule has 3 rings (SSSR count). The van der Waals surface area contributed by atoms with Crippen molar-refractivity contribution >= 4 is 5.69 Å². The molecule has 0 bridgehead atoms. The van der Waals surface area contributed by atoms with E-state index in [4.69, 9.17) is 0 Å². The minimum Gasteiger partial charge on any atom is -0.386 e. The molecule has 0 fully saturated rings. The van der Waals surface area contributed by atoms with Crippen LogP contribution in [-0.4, -0.2) is 20.9 Å². The van der Waals surface area contributed by atoms with Gasteiger partial charge >= 0.3 is 0 Å². The van der Waals surface area contributed by atoms with Crippen LogP contribution < -0.4 is 5.32 Å². The molecule has 2 atom stereocenters. The van der Waals surface area contributed by atoms with Crippen molar-refractivity contribution in [2.75, 3.05) is 5.32 Å². The number of hydrogen-bond donors (Lipinski definition) is 2. The number of aliphatic hydroxyl groups excluding tert-OH is 1. The first-order valence-corrected chi connectivity index (χ1v) is 6.74. The van der Waals surface area contributed by atoms with Gasteiger partial charge in [-0.2, -0.15) is 5.10 Å². The van der Waals surface area contributed by atoms with Gasteiger partial charge in [-0.1, -0.05) is 25.1 Å². The van der Waals surface area contributed by atoms with Crippen LogP contribution in [0.4, 0.5) is 5.69 Å². The van der Waals surface area contributed by atoms with Crippen molar-refractivity contribution in [3.8, 4) is 0 Å². The van der Waals surface area contributed by atoms with Gasteiger partial charge in [0.05, 0.1) is 11.7 Å². The van der Waals surface area contributed by atoms with Gasteiger partial charge in [0.1, 0.15) is 6.10 Å². The quantitative estimate of drug-likeness (QED) is 0.885. The Kier molecular flexibility index (Phi) is 3.03. The van der Waals surface area contributed by atoms with E-state index in [2.05, 4.69) is 29.5 Å². The minimum absolute atomic E-state index is 0.0342. The molecule has 2 aromatic rings. The summed E-state index contributed by atoms with van der Waals surface area (Å²) in [5.74, 6) is 0. The molecule has 0 aliphatic carbocycles. The third kappa shape index (κ3) is 2.12. The molecule has 100 valence electrons. The summed E-state index contributed by atoms with van der Waals surface area (Å²) in [6.45, 7) is 2.06. The first-order valence-electron chi connectivity index (χ1n) is 6.74. The molecule has 0 spiro atoms. The lowest BCUT2D eigenvalue weighted by atomic mass is 9.99. The third-order valence-corrected chi connectivity index (χ3v) is 3.77. The SMILES string of the molecule is CCc1nn(C)cc1C(O)C1Cc2ccccc2N1. The molecule has 19 heavy (non-hydrogen) atoms. The molecule has 4 nitrogen and oxygen atoms in total. The zero-order valence-corrected chi connectivity index (χ0v) is 11.3. The van der Waals surface area contributed by atoms with Crippen molar-refractivity contribution in [1.82, 2.24) is 9.78 Å². The van der Waals surface area contributed by atoms with Gasteiger partial charge in [0, 0.05) is 24.5 Å². The van der Waals surface area contributed by atoms with Crippen LogP contribution in [-0.2, 0) is 19.9 Å². The molecule has 1 aromatic heterocycles. The summed E-state index contributed by atoms with van der Waals surface area (Å²) >= 11 is 0. The maximum absolute atomic E-state index is 10.6. The number of aryl methyl sites for hydroxylation is 2. The smallest absolute Gasteiger partial charge is 0.103 e. The Hall–Kier alpha value is -1.81. The van der Waals surface area contributed by atoms with Crippen molar-refractivity contribution in [3.63, 3.8) is 0 Å². The monoisotopic (exact) mass is 257 g/mol. The highest BCUT2D eigenvalue weighted by atomic mass is 16.3. The minimum atomic E-state index is -0.518. The number of benzene rings is 1. The van der Waals surface area contributed by atoms with Crippen molar-refractivity contribution < 1.29 is 5.11 Å². The van der Waals surface area contributed by atoms with Crippen LogP contribution in [0.2, 0.25) is 0 Å². The topological polar surface area (TPSA) is 50.1 Å². The predicted octanol–water partition coefficient (Wildman–Crippen LogP) is 2.05.